The SMILES string of the molecule is CC(C)NS(=O)(=O)c1ccc(N2CCC(C(C)N)C2)cc1. The smallest absolute Gasteiger partial charge is 0.240 e. The Labute approximate surface area is 127 Å². The van der Waals surface area contributed by atoms with Gasteiger partial charge in [0.25, 0.3) is 0 Å². The first-order valence-corrected chi connectivity index (χ1v) is 8.91. The van der Waals surface area contributed by atoms with Crippen LogP contribution in [0.1, 0.15) is 27.2 Å². The van der Waals surface area contributed by atoms with Crippen molar-refractivity contribution in [2.45, 2.75) is 44.2 Å². The van der Waals surface area contributed by atoms with Gasteiger partial charge in [-0.25, -0.2) is 13.1 Å². The number of nitrogens with two attached hydrogens (primary N) is 1. The molecule has 3 N–H and O–H groups in total. The van der Waals surface area contributed by atoms with Crippen molar-refractivity contribution >= 4 is 15.7 Å². The Morgan fingerprint density at radius 1 is 1.24 bits per heavy atom. The first-order valence-electron chi connectivity index (χ1n) is 7.42. The average Bonchev–Trinajstić information content (AvgIpc) is 2.87. The lowest BCUT2D eigenvalue weighted by atomic mass is 10.0. The van der Waals surface area contributed by atoms with Gasteiger partial charge in [0, 0.05) is 30.9 Å². The van der Waals surface area contributed by atoms with Gasteiger partial charge in [0.05, 0.1) is 4.90 Å². The van der Waals surface area contributed by atoms with E-state index in [0.29, 0.717) is 10.8 Å². The molecule has 1 aromatic carbocycles. The molecule has 0 saturated carbocycles. The number of benzene rings is 1. The summed E-state index contributed by atoms with van der Waals surface area (Å²) in [6.07, 6.45) is 1.09. The maximum Gasteiger partial charge on any atom is 0.240 e. The standard InChI is InChI=1S/C15H25N3O2S/c1-11(2)17-21(19,20)15-6-4-14(5-7-15)18-9-8-13(10-18)12(3)16/h4-7,11-13,17H,8-10,16H2,1-3H3. The fourth-order valence-corrected chi connectivity index (χ4v) is 3.92. The highest BCUT2D eigenvalue weighted by molar-refractivity contribution is 7.89. The van der Waals surface area contributed by atoms with Crippen LogP contribution in [0.4, 0.5) is 5.69 Å². The summed E-state index contributed by atoms with van der Waals surface area (Å²) in [5.41, 5.74) is 7.01. The van der Waals surface area contributed by atoms with Crippen molar-refractivity contribution in [1.29, 1.82) is 0 Å². The summed E-state index contributed by atoms with van der Waals surface area (Å²) in [5, 5.41) is 0. The van der Waals surface area contributed by atoms with E-state index in [9.17, 15) is 8.42 Å². The van der Waals surface area contributed by atoms with Gasteiger partial charge in [0.2, 0.25) is 10.0 Å². The second-order valence-electron chi connectivity index (χ2n) is 6.12. The first kappa shape index (κ1) is 16.3. The van der Waals surface area contributed by atoms with Gasteiger partial charge in [-0.2, -0.15) is 0 Å². The van der Waals surface area contributed by atoms with Gasteiger partial charge in [-0.05, 0) is 57.4 Å². The minimum Gasteiger partial charge on any atom is -0.371 e. The Morgan fingerprint density at radius 2 is 1.86 bits per heavy atom. The van der Waals surface area contributed by atoms with E-state index in [1.165, 1.54) is 0 Å². The fourth-order valence-electron chi connectivity index (χ4n) is 2.67. The van der Waals surface area contributed by atoms with Gasteiger partial charge in [-0.3, -0.25) is 0 Å². The summed E-state index contributed by atoms with van der Waals surface area (Å²) in [4.78, 5) is 2.57. The molecule has 2 atom stereocenters. The molecule has 1 fully saturated rings. The highest BCUT2D eigenvalue weighted by Crippen LogP contribution is 2.26. The van der Waals surface area contributed by atoms with E-state index < -0.39 is 10.0 Å². The molecule has 0 aliphatic carbocycles. The lowest BCUT2D eigenvalue weighted by Crippen LogP contribution is -2.30. The highest BCUT2D eigenvalue weighted by atomic mass is 32.2. The highest BCUT2D eigenvalue weighted by Gasteiger charge is 2.25. The van der Waals surface area contributed by atoms with Crippen LogP contribution in [0.3, 0.4) is 0 Å². The Hall–Kier alpha value is -1.11. The maximum absolute atomic E-state index is 12.1. The number of hydrogen-bond donors (Lipinski definition) is 2. The van der Waals surface area contributed by atoms with Crippen LogP contribution in [0.2, 0.25) is 0 Å². The molecule has 2 unspecified atom stereocenters. The van der Waals surface area contributed by atoms with E-state index in [2.05, 4.69) is 9.62 Å². The Bertz CT molecular complexity index is 567. The molecule has 0 spiro atoms. The summed E-state index contributed by atoms with van der Waals surface area (Å²) in [6, 6.07) is 7.17. The number of anilines is 1. The van der Waals surface area contributed by atoms with Gasteiger partial charge in [0.15, 0.2) is 0 Å². The van der Waals surface area contributed by atoms with Crippen LogP contribution in [-0.4, -0.2) is 33.6 Å². The van der Waals surface area contributed by atoms with Crippen LogP contribution in [0, 0.1) is 5.92 Å². The van der Waals surface area contributed by atoms with Crippen LogP contribution in [0.25, 0.3) is 0 Å². The second-order valence-corrected chi connectivity index (χ2v) is 7.84. The second kappa shape index (κ2) is 6.34. The quantitative estimate of drug-likeness (QED) is 0.865. The molecule has 1 aliphatic heterocycles. The summed E-state index contributed by atoms with van der Waals surface area (Å²) >= 11 is 0. The van der Waals surface area contributed by atoms with E-state index >= 15 is 0 Å². The van der Waals surface area contributed by atoms with Crippen LogP contribution in [0.15, 0.2) is 29.2 Å². The van der Waals surface area contributed by atoms with E-state index in [0.717, 1.165) is 25.2 Å². The molecule has 118 valence electrons. The van der Waals surface area contributed by atoms with Crippen molar-refractivity contribution in [3.63, 3.8) is 0 Å². The van der Waals surface area contributed by atoms with Crippen molar-refractivity contribution in [3.8, 4) is 0 Å². The molecule has 0 bridgehead atoms. The molecular weight excluding hydrogens is 286 g/mol. The number of hydrogen-bond acceptors (Lipinski definition) is 4. The number of sulfonamides is 1. The predicted molar refractivity (Wildman–Crippen MR) is 85.9 cm³/mol. The predicted octanol–water partition coefficient (Wildman–Crippen LogP) is 1.55. The van der Waals surface area contributed by atoms with Crippen LogP contribution >= 0.6 is 0 Å². The number of rotatable bonds is 5. The van der Waals surface area contributed by atoms with Crippen molar-refractivity contribution in [2.24, 2.45) is 11.7 Å². The molecule has 0 aromatic heterocycles. The van der Waals surface area contributed by atoms with Crippen molar-refractivity contribution < 1.29 is 8.42 Å². The topological polar surface area (TPSA) is 75.4 Å². The van der Waals surface area contributed by atoms with Crippen molar-refractivity contribution in [3.05, 3.63) is 24.3 Å². The Balaban J connectivity index is 2.10. The number of nitrogens with one attached hydrogen (secondary N) is 1. The third kappa shape index (κ3) is 3.96. The van der Waals surface area contributed by atoms with Gasteiger partial charge < -0.3 is 10.6 Å². The maximum atomic E-state index is 12.1. The van der Waals surface area contributed by atoms with E-state index in [-0.39, 0.29) is 12.1 Å². The van der Waals surface area contributed by atoms with Gasteiger partial charge in [0.1, 0.15) is 0 Å². The van der Waals surface area contributed by atoms with Gasteiger partial charge in [-0.1, -0.05) is 0 Å². The summed E-state index contributed by atoms with van der Waals surface area (Å²) in [6.45, 7) is 7.58. The summed E-state index contributed by atoms with van der Waals surface area (Å²) in [7, 11) is -3.41. The third-order valence-corrected chi connectivity index (χ3v) is 5.55. The van der Waals surface area contributed by atoms with E-state index in [1.54, 1.807) is 12.1 Å². The van der Waals surface area contributed by atoms with Crippen LogP contribution < -0.4 is 15.4 Å². The third-order valence-electron chi connectivity index (χ3n) is 3.87. The normalized spacial score (nSPS) is 21.0. The summed E-state index contributed by atoms with van der Waals surface area (Å²) < 4.78 is 26.7. The monoisotopic (exact) mass is 311 g/mol. The molecular formula is C15H25N3O2S. The average molecular weight is 311 g/mol. The Kier molecular flexibility index (Phi) is 4.91. The Morgan fingerprint density at radius 3 is 2.33 bits per heavy atom. The molecule has 1 aliphatic rings. The fraction of sp³-hybridized carbons (Fsp3) is 0.600. The molecule has 0 radical (unpaired) electrons. The summed E-state index contributed by atoms with van der Waals surface area (Å²) in [5.74, 6) is 0.510. The number of nitrogens with zero attached hydrogens (tertiary/aromatic N) is 1. The largest absolute Gasteiger partial charge is 0.371 e. The van der Waals surface area contributed by atoms with Gasteiger partial charge in [-0.15, -0.1) is 0 Å². The van der Waals surface area contributed by atoms with Crippen LogP contribution in [-0.2, 0) is 10.0 Å². The molecule has 2 rings (SSSR count). The zero-order valence-corrected chi connectivity index (χ0v) is 13.7. The van der Waals surface area contributed by atoms with E-state index in [1.807, 2.05) is 32.9 Å². The lowest BCUT2D eigenvalue weighted by molar-refractivity contribution is 0.488. The zero-order chi connectivity index (χ0) is 15.6. The molecule has 1 saturated heterocycles. The zero-order valence-electron chi connectivity index (χ0n) is 12.9. The minimum atomic E-state index is -3.41. The first-order chi connectivity index (χ1) is 9.79. The van der Waals surface area contributed by atoms with E-state index in [4.69, 9.17) is 5.73 Å². The van der Waals surface area contributed by atoms with Crippen molar-refractivity contribution in [1.82, 2.24) is 4.72 Å². The minimum absolute atomic E-state index is 0.111. The van der Waals surface area contributed by atoms with Crippen LogP contribution in [0.5, 0.6) is 0 Å². The molecule has 21 heavy (non-hydrogen) atoms. The lowest BCUT2D eigenvalue weighted by Gasteiger charge is -2.20. The molecule has 0 amide bonds. The van der Waals surface area contributed by atoms with Gasteiger partial charge >= 0.3 is 0 Å². The molecule has 5 nitrogen and oxygen atoms in total. The molecule has 6 heteroatoms. The molecule has 1 heterocycles. The van der Waals surface area contributed by atoms with Crippen molar-refractivity contribution in [2.75, 3.05) is 18.0 Å². The molecule has 1 aromatic rings.